The molecule has 1 heterocycles. The largest absolute Gasteiger partial charge is 0.497 e. The lowest BCUT2D eigenvalue weighted by atomic mass is 9.95. The van der Waals surface area contributed by atoms with Gasteiger partial charge in [-0.05, 0) is 43.0 Å². The zero-order valence-corrected chi connectivity index (χ0v) is 15.7. The summed E-state index contributed by atoms with van der Waals surface area (Å²) in [6, 6.07) is 8.27. The van der Waals surface area contributed by atoms with Gasteiger partial charge in [0.25, 0.3) is 0 Å². The first kappa shape index (κ1) is 19.1. The van der Waals surface area contributed by atoms with E-state index in [1.165, 1.54) is 5.56 Å². The Labute approximate surface area is 156 Å². The van der Waals surface area contributed by atoms with Crippen LogP contribution >= 0.6 is 0 Å². The standard InChI is InChI=1S/C20H31N3O3/c1-25-17-7-5-15(6-8-17)19(23-9-11-26-12-10-23)14-22-20(24)18-4-2-3-16(18)13-21/h5-8,16,18-19H,2-4,9-14,21H2,1H3,(H,22,24)/t16-,18-,19?/m1/s1. The number of nitrogens with one attached hydrogen (secondary N) is 1. The van der Waals surface area contributed by atoms with Crippen LogP contribution in [0.15, 0.2) is 24.3 Å². The fourth-order valence-corrected chi connectivity index (χ4v) is 4.17. The summed E-state index contributed by atoms with van der Waals surface area (Å²) in [5, 5.41) is 3.21. The average Bonchev–Trinajstić information content (AvgIpc) is 3.18. The molecule has 26 heavy (non-hydrogen) atoms. The Morgan fingerprint density at radius 3 is 2.69 bits per heavy atom. The van der Waals surface area contributed by atoms with E-state index in [1.54, 1.807) is 7.11 Å². The summed E-state index contributed by atoms with van der Waals surface area (Å²) >= 11 is 0. The van der Waals surface area contributed by atoms with E-state index in [0.29, 0.717) is 19.0 Å². The summed E-state index contributed by atoms with van der Waals surface area (Å²) in [7, 11) is 1.67. The summed E-state index contributed by atoms with van der Waals surface area (Å²) in [5.41, 5.74) is 7.03. The molecule has 0 aromatic heterocycles. The molecule has 0 spiro atoms. The van der Waals surface area contributed by atoms with E-state index in [-0.39, 0.29) is 17.9 Å². The molecular formula is C20H31N3O3. The maximum Gasteiger partial charge on any atom is 0.223 e. The maximum atomic E-state index is 12.7. The van der Waals surface area contributed by atoms with Crippen molar-refractivity contribution < 1.29 is 14.3 Å². The molecule has 0 radical (unpaired) electrons. The van der Waals surface area contributed by atoms with Gasteiger partial charge >= 0.3 is 0 Å². The van der Waals surface area contributed by atoms with Crippen molar-refractivity contribution in [1.82, 2.24) is 10.2 Å². The van der Waals surface area contributed by atoms with E-state index >= 15 is 0 Å². The number of ether oxygens (including phenoxy) is 2. The summed E-state index contributed by atoms with van der Waals surface area (Å²) < 4.78 is 10.8. The average molecular weight is 361 g/mol. The van der Waals surface area contributed by atoms with Gasteiger partial charge in [0.2, 0.25) is 5.91 Å². The highest BCUT2D eigenvalue weighted by molar-refractivity contribution is 5.79. The lowest BCUT2D eigenvalue weighted by molar-refractivity contribution is -0.126. The molecule has 2 aliphatic rings. The van der Waals surface area contributed by atoms with Crippen LogP contribution < -0.4 is 15.8 Å². The topological polar surface area (TPSA) is 76.8 Å². The van der Waals surface area contributed by atoms with Crippen LogP contribution in [-0.4, -0.2) is 57.3 Å². The van der Waals surface area contributed by atoms with Crippen molar-refractivity contribution in [3.05, 3.63) is 29.8 Å². The number of hydrogen-bond donors (Lipinski definition) is 2. The quantitative estimate of drug-likeness (QED) is 0.771. The van der Waals surface area contributed by atoms with E-state index < -0.39 is 0 Å². The highest BCUT2D eigenvalue weighted by Crippen LogP contribution is 2.31. The van der Waals surface area contributed by atoms with Gasteiger partial charge in [-0.15, -0.1) is 0 Å². The Hall–Kier alpha value is -1.63. The molecule has 144 valence electrons. The molecule has 3 atom stereocenters. The monoisotopic (exact) mass is 361 g/mol. The van der Waals surface area contributed by atoms with Crippen LogP contribution in [0.1, 0.15) is 30.9 Å². The number of morpholine rings is 1. The molecule has 3 N–H and O–H groups in total. The van der Waals surface area contributed by atoms with Crippen molar-refractivity contribution in [1.29, 1.82) is 0 Å². The van der Waals surface area contributed by atoms with Crippen molar-refractivity contribution in [2.45, 2.75) is 25.3 Å². The van der Waals surface area contributed by atoms with Crippen molar-refractivity contribution in [2.75, 3.05) is 46.5 Å². The molecule has 1 aromatic rings. The zero-order chi connectivity index (χ0) is 18.4. The van der Waals surface area contributed by atoms with Crippen LogP contribution in [0.25, 0.3) is 0 Å². The Morgan fingerprint density at radius 2 is 2.04 bits per heavy atom. The highest BCUT2D eigenvalue weighted by atomic mass is 16.5. The second kappa shape index (κ2) is 9.35. The smallest absolute Gasteiger partial charge is 0.223 e. The Balaban J connectivity index is 1.67. The lowest BCUT2D eigenvalue weighted by Gasteiger charge is -2.35. The number of benzene rings is 1. The summed E-state index contributed by atoms with van der Waals surface area (Å²) in [5.74, 6) is 1.40. The van der Waals surface area contributed by atoms with Crippen LogP contribution in [0.4, 0.5) is 0 Å². The molecule has 6 heteroatoms. The van der Waals surface area contributed by atoms with Gasteiger partial charge in [0.1, 0.15) is 5.75 Å². The third-order valence-corrected chi connectivity index (χ3v) is 5.76. The van der Waals surface area contributed by atoms with Crippen LogP contribution in [-0.2, 0) is 9.53 Å². The van der Waals surface area contributed by atoms with Gasteiger partial charge in [-0.1, -0.05) is 18.6 Å². The third-order valence-electron chi connectivity index (χ3n) is 5.76. The number of carbonyl (C=O) groups is 1. The summed E-state index contributed by atoms with van der Waals surface area (Å²) in [6.07, 6.45) is 3.13. The number of rotatable bonds is 7. The van der Waals surface area contributed by atoms with Crippen LogP contribution in [0.5, 0.6) is 5.75 Å². The number of amides is 1. The van der Waals surface area contributed by atoms with E-state index in [1.807, 2.05) is 12.1 Å². The van der Waals surface area contributed by atoms with Gasteiger partial charge in [0.05, 0.1) is 26.4 Å². The van der Waals surface area contributed by atoms with Crippen molar-refractivity contribution in [3.63, 3.8) is 0 Å². The van der Waals surface area contributed by atoms with Crippen molar-refractivity contribution in [3.8, 4) is 5.75 Å². The first-order chi connectivity index (χ1) is 12.7. The van der Waals surface area contributed by atoms with Crippen molar-refractivity contribution >= 4 is 5.91 Å². The molecule has 1 aliphatic heterocycles. The fraction of sp³-hybridized carbons (Fsp3) is 0.650. The first-order valence-corrected chi connectivity index (χ1v) is 9.66. The minimum Gasteiger partial charge on any atom is -0.497 e. The number of nitrogens with zero attached hydrogens (tertiary/aromatic N) is 1. The molecule has 1 amide bonds. The number of carbonyl (C=O) groups excluding carboxylic acids is 1. The Bertz CT molecular complexity index is 572. The minimum atomic E-state index is 0.0706. The first-order valence-electron chi connectivity index (χ1n) is 9.66. The summed E-state index contributed by atoms with van der Waals surface area (Å²) in [6.45, 7) is 4.43. The normalized spacial score (nSPS) is 25.0. The summed E-state index contributed by atoms with van der Waals surface area (Å²) in [4.78, 5) is 15.1. The molecular weight excluding hydrogens is 330 g/mol. The predicted molar refractivity (Wildman–Crippen MR) is 101 cm³/mol. The lowest BCUT2D eigenvalue weighted by Crippen LogP contribution is -2.45. The fourth-order valence-electron chi connectivity index (χ4n) is 4.17. The molecule has 2 fully saturated rings. The highest BCUT2D eigenvalue weighted by Gasteiger charge is 2.32. The van der Waals surface area contributed by atoms with Gasteiger partial charge in [-0.25, -0.2) is 0 Å². The molecule has 3 rings (SSSR count). The predicted octanol–water partition coefficient (Wildman–Crippen LogP) is 1.56. The maximum absolute atomic E-state index is 12.7. The Morgan fingerprint density at radius 1 is 1.31 bits per heavy atom. The molecule has 6 nitrogen and oxygen atoms in total. The molecule has 1 aromatic carbocycles. The van der Waals surface area contributed by atoms with Gasteiger partial charge in [0, 0.05) is 25.6 Å². The van der Waals surface area contributed by atoms with E-state index in [9.17, 15) is 4.79 Å². The van der Waals surface area contributed by atoms with Crippen LogP contribution in [0, 0.1) is 11.8 Å². The molecule has 1 saturated carbocycles. The van der Waals surface area contributed by atoms with Crippen molar-refractivity contribution in [2.24, 2.45) is 17.6 Å². The minimum absolute atomic E-state index is 0.0706. The second-order valence-electron chi connectivity index (χ2n) is 7.22. The molecule has 1 unspecified atom stereocenters. The Kier molecular flexibility index (Phi) is 6.88. The van der Waals surface area contributed by atoms with E-state index in [2.05, 4.69) is 22.3 Å². The molecule has 1 aliphatic carbocycles. The van der Waals surface area contributed by atoms with Gasteiger partial charge in [-0.3, -0.25) is 9.69 Å². The van der Waals surface area contributed by atoms with E-state index in [0.717, 1.165) is 51.3 Å². The van der Waals surface area contributed by atoms with Gasteiger partial charge in [-0.2, -0.15) is 0 Å². The molecule has 1 saturated heterocycles. The van der Waals surface area contributed by atoms with Gasteiger partial charge in [0.15, 0.2) is 0 Å². The zero-order valence-electron chi connectivity index (χ0n) is 15.7. The SMILES string of the molecule is COc1ccc(C(CNC(=O)[C@@H]2CCC[C@@H]2CN)N2CCOCC2)cc1. The second-order valence-corrected chi connectivity index (χ2v) is 7.22. The third kappa shape index (κ3) is 4.55. The number of hydrogen-bond acceptors (Lipinski definition) is 5. The van der Waals surface area contributed by atoms with Crippen LogP contribution in [0.2, 0.25) is 0 Å². The van der Waals surface area contributed by atoms with E-state index in [4.69, 9.17) is 15.2 Å². The van der Waals surface area contributed by atoms with Gasteiger partial charge < -0.3 is 20.5 Å². The number of nitrogens with two attached hydrogens (primary N) is 1. The molecule has 0 bridgehead atoms. The van der Waals surface area contributed by atoms with Crippen LogP contribution in [0.3, 0.4) is 0 Å². The number of methoxy groups -OCH3 is 1.